The molecule has 0 unspecified atom stereocenters. The monoisotopic (exact) mass is 322 g/mol. The highest BCUT2D eigenvalue weighted by atomic mass is 32.2. The minimum absolute atomic E-state index is 0.687. The molecule has 0 amide bonds. The number of aryl methyl sites for hydroxylation is 1. The summed E-state index contributed by atoms with van der Waals surface area (Å²) in [7, 11) is 0. The van der Waals surface area contributed by atoms with Crippen molar-refractivity contribution in [1.29, 1.82) is 0 Å². The van der Waals surface area contributed by atoms with Crippen LogP contribution < -0.4 is 5.32 Å². The topological polar surface area (TPSA) is 27.8 Å². The second kappa shape index (κ2) is 6.42. The molecule has 1 aliphatic rings. The van der Waals surface area contributed by atoms with Gasteiger partial charge in [-0.2, -0.15) is 0 Å². The summed E-state index contributed by atoms with van der Waals surface area (Å²) in [5.74, 6) is 0.687. The van der Waals surface area contributed by atoms with Gasteiger partial charge in [0.2, 0.25) is 0 Å². The smallest absolute Gasteiger partial charge is 0.0495 e. The molecule has 1 aromatic heterocycles. The Labute approximate surface area is 141 Å². The van der Waals surface area contributed by atoms with Gasteiger partial charge < -0.3 is 10.3 Å². The van der Waals surface area contributed by atoms with Gasteiger partial charge in [-0.05, 0) is 56.0 Å². The van der Waals surface area contributed by atoms with Gasteiger partial charge in [-0.25, -0.2) is 0 Å². The molecule has 0 radical (unpaired) electrons. The largest absolute Gasteiger partial charge is 0.360 e. The van der Waals surface area contributed by atoms with Crippen LogP contribution in [-0.4, -0.2) is 18.1 Å². The van der Waals surface area contributed by atoms with E-state index in [0.29, 0.717) is 5.92 Å². The van der Waals surface area contributed by atoms with Crippen molar-refractivity contribution in [2.45, 2.75) is 35.5 Å². The second-order valence-corrected chi connectivity index (χ2v) is 7.40. The van der Waals surface area contributed by atoms with Crippen LogP contribution in [0.5, 0.6) is 0 Å². The van der Waals surface area contributed by atoms with Gasteiger partial charge in [-0.3, -0.25) is 0 Å². The fourth-order valence-electron chi connectivity index (χ4n) is 3.53. The lowest BCUT2D eigenvalue weighted by molar-refractivity contribution is 0.456. The van der Waals surface area contributed by atoms with Crippen molar-refractivity contribution < 1.29 is 0 Å². The summed E-state index contributed by atoms with van der Waals surface area (Å²) in [5, 5.41) is 4.80. The number of benzene rings is 2. The van der Waals surface area contributed by atoms with E-state index in [4.69, 9.17) is 0 Å². The summed E-state index contributed by atoms with van der Waals surface area (Å²) in [6.45, 7) is 4.43. The minimum atomic E-state index is 0.687. The lowest BCUT2D eigenvalue weighted by Crippen LogP contribution is -2.26. The van der Waals surface area contributed by atoms with Crippen molar-refractivity contribution in [2.24, 2.45) is 0 Å². The first-order valence-electron chi connectivity index (χ1n) is 8.37. The molecule has 2 aromatic carbocycles. The average molecular weight is 322 g/mol. The van der Waals surface area contributed by atoms with Gasteiger partial charge in [0.15, 0.2) is 0 Å². The van der Waals surface area contributed by atoms with Crippen LogP contribution in [0.25, 0.3) is 10.9 Å². The highest BCUT2D eigenvalue weighted by Crippen LogP contribution is 2.39. The Morgan fingerprint density at radius 3 is 2.65 bits per heavy atom. The fraction of sp³-hybridized carbons (Fsp3) is 0.300. The van der Waals surface area contributed by atoms with Crippen LogP contribution in [0.2, 0.25) is 0 Å². The summed E-state index contributed by atoms with van der Waals surface area (Å²) in [4.78, 5) is 6.17. The maximum absolute atomic E-state index is 3.47. The van der Waals surface area contributed by atoms with Gasteiger partial charge in [-0.1, -0.05) is 48.2 Å². The van der Waals surface area contributed by atoms with Crippen LogP contribution in [0, 0.1) is 6.92 Å². The van der Waals surface area contributed by atoms with Crippen molar-refractivity contribution in [3.05, 3.63) is 59.8 Å². The number of rotatable bonds is 3. The molecule has 2 N–H and O–H groups in total. The van der Waals surface area contributed by atoms with Crippen molar-refractivity contribution in [2.75, 3.05) is 13.1 Å². The molecule has 0 bridgehead atoms. The number of aromatic nitrogens is 1. The first-order chi connectivity index (χ1) is 11.3. The summed E-state index contributed by atoms with van der Waals surface area (Å²) in [6, 6.07) is 15.5. The van der Waals surface area contributed by atoms with E-state index in [2.05, 4.69) is 65.9 Å². The van der Waals surface area contributed by atoms with E-state index in [1.807, 2.05) is 11.8 Å². The van der Waals surface area contributed by atoms with Crippen LogP contribution in [0.15, 0.2) is 58.5 Å². The zero-order valence-electron chi connectivity index (χ0n) is 13.4. The van der Waals surface area contributed by atoms with Gasteiger partial charge >= 0.3 is 0 Å². The standard InChI is InChI=1S/C20H22N2S/c1-14-5-4-7-17-19(13-22-20(14)17)23-18-8-3-2-6-16(18)15-9-11-21-12-10-15/h2-8,13,15,21-22H,9-12H2,1H3. The molecule has 3 heteroatoms. The zero-order valence-corrected chi connectivity index (χ0v) is 14.2. The molecule has 2 nitrogen and oxygen atoms in total. The van der Waals surface area contributed by atoms with Gasteiger partial charge in [-0.15, -0.1) is 0 Å². The van der Waals surface area contributed by atoms with Gasteiger partial charge in [0.05, 0.1) is 0 Å². The molecule has 0 atom stereocenters. The predicted octanol–water partition coefficient (Wildman–Crippen LogP) is 5.09. The zero-order chi connectivity index (χ0) is 15.6. The Balaban J connectivity index is 1.69. The maximum atomic E-state index is 3.47. The molecule has 23 heavy (non-hydrogen) atoms. The molecule has 2 heterocycles. The number of H-pyrrole nitrogens is 1. The van der Waals surface area contributed by atoms with E-state index >= 15 is 0 Å². The number of aromatic amines is 1. The van der Waals surface area contributed by atoms with Crippen LogP contribution >= 0.6 is 11.8 Å². The molecule has 0 aliphatic carbocycles. The summed E-state index contributed by atoms with van der Waals surface area (Å²) >= 11 is 1.90. The number of para-hydroxylation sites is 1. The van der Waals surface area contributed by atoms with Crippen LogP contribution in [0.1, 0.15) is 29.9 Å². The Kier molecular flexibility index (Phi) is 4.15. The van der Waals surface area contributed by atoms with E-state index in [1.54, 1.807) is 0 Å². The number of fused-ring (bicyclic) bond motifs is 1. The van der Waals surface area contributed by atoms with E-state index in [-0.39, 0.29) is 0 Å². The van der Waals surface area contributed by atoms with Crippen molar-refractivity contribution in [3.8, 4) is 0 Å². The number of hydrogen-bond acceptors (Lipinski definition) is 2. The van der Waals surface area contributed by atoms with Gasteiger partial charge in [0, 0.05) is 26.9 Å². The molecule has 0 spiro atoms. The van der Waals surface area contributed by atoms with E-state index in [0.717, 1.165) is 13.1 Å². The molecule has 3 aromatic rings. The first-order valence-corrected chi connectivity index (χ1v) is 9.19. The Morgan fingerprint density at radius 1 is 0.957 bits per heavy atom. The quantitative estimate of drug-likeness (QED) is 0.702. The van der Waals surface area contributed by atoms with E-state index in [1.165, 1.54) is 44.7 Å². The molecule has 0 saturated carbocycles. The molecule has 1 fully saturated rings. The molecule has 4 rings (SSSR count). The third-order valence-electron chi connectivity index (χ3n) is 4.80. The second-order valence-electron chi connectivity index (χ2n) is 6.31. The first kappa shape index (κ1) is 14.9. The molecular formula is C20H22N2S. The highest BCUT2D eigenvalue weighted by molar-refractivity contribution is 7.99. The van der Waals surface area contributed by atoms with Crippen molar-refractivity contribution >= 4 is 22.7 Å². The van der Waals surface area contributed by atoms with Crippen molar-refractivity contribution in [1.82, 2.24) is 10.3 Å². The number of piperidine rings is 1. The number of hydrogen-bond donors (Lipinski definition) is 2. The number of nitrogens with one attached hydrogen (secondary N) is 2. The summed E-state index contributed by atoms with van der Waals surface area (Å²) < 4.78 is 0. The van der Waals surface area contributed by atoms with Crippen LogP contribution in [0.4, 0.5) is 0 Å². The Bertz CT molecular complexity index is 815. The normalized spacial score (nSPS) is 16.0. The summed E-state index contributed by atoms with van der Waals surface area (Å²) in [6.07, 6.45) is 4.64. The predicted molar refractivity (Wildman–Crippen MR) is 98.4 cm³/mol. The fourth-order valence-corrected chi connectivity index (χ4v) is 4.66. The summed E-state index contributed by atoms with van der Waals surface area (Å²) in [5.41, 5.74) is 4.08. The lowest BCUT2D eigenvalue weighted by Gasteiger charge is -2.24. The highest BCUT2D eigenvalue weighted by Gasteiger charge is 2.19. The third kappa shape index (κ3) is 2.91. The minimum Gasteiger partial charge on any atom is -0.360 e. The van der Waals surface area contributed by atoms with E-state index < -0.39 is 0 Å². The third-order valence-corrected chi connectivity index (χ3v) is 5.95. The average Bonchev–Trinajstić information content (AvgIpc) is 3.01. The van der Waals surface area contributed by atoms with Crippen LogP contribution in [-0.2, 0) is 0 Å². The molecule has 1 saturated heterocycles. The molecule has 1 aliphatic heterocycles. The van der Waals surface area contributed by atoms with Crippen LogP contribution in [0.3, 0.4) is 0 Å². The SMILES string of the molecule is Cc1cccc2c(Sc3ccccc3C3CCNCC3)c[nH]c12. The van der Waals surface area contributed by atoms with Gasteiger partial charge in [0.25, 0.3) is 0 Å². The van der Waals surface area contributed by atoms with Gasteiger partial charge in [0.1, 0.15) is 0 Å². The molecular weight excluding hydrogens is 300 g/mol. The van der Waals surface area contributed by atoms with Crippen molar-refractivity contribution in [3.63, 3.8) is 0 Å². The maximum Gasteiger partial charge on any atom is 0.0495 e. The molecule has 118 valence electrons. The Hall–Kier alpha value is -1.71. The lowest BCUT2D eigenvalue weighted by atomic mass is 9.90. The van der Waals surface area contributed by atoms with E-state index in [9.17, 15) is 0 Å². The Morgan fingerprint density at radius 2 is 1.78 bits per heavy atom.